The van der Waals surface area contributed by atoms with Crippen LogP contribution in [0.4, 0.5) is 11.4 Å². The zero-order chi connectivity index (χ0) is 20.6. The molecule has 0 fully saturated rings. The summed E-state index contributed by atoms with van der Waals surface area (Å²) in [6.45, 7) is 2.79. The van der Waals surface area contributed by atoms with Crippen LogP contribution in [-0.4, -0.2) is 35.1 Å². The van der Waals surface area contributed by atoms with E-state index in [0.29, 0.717) is 22.7 Å². The maximum absolute atomic E-state index is 12.9. The van der Waals surface area contributed by atoms with Crippen LogP contribution in [0, 0.1) is 0 Å². The molecule has 0 spiro atoms. The third-order valence-electron chi connectivity index (χ3n) is 4.88. The summed E-state index contributed by atoms with van der Waals surface area (Å²) in [5.41, 5.74) is 0.983. The summed E-state index contributed by atoms with van der Waals surface area (Å²) in [7, 11) is 0. The molecule has 0 saturated heterocycles. The summed E-state index contributed by atoms with van der Waals surface area (Å²) in [6.07, 6.45) is -0.120. The number of ether oxygens (including phenoxy) is 1. The van der Waals surface area contributed by atoms with E-state index < -0.39 is 24.0 Å². The Labute approximate surface area is 166 Å². The average molecular weight is 393 g/mol. The molecule has 0 unspecified atom stereocenters. The van der Waals surface area contributed by atoms with E-state index in [2.05, 4.69) is 10.5 Å². The van der Waals surface area contributed by atoms with Crippen molar-refractivity contribution >= 4 is 40.1 Å². The molecule has 2 heterocycles. The van der Waals surface area contributed by atoms with Crippen molar-refractivity contribution in [2.75, 3.05) is 16.8 Å². The highest BCUT2D eigenvalue weighted by Gasteiger charge is 2.43. The van der Waals surface area contributed by atoms with Gasteiger partial charge < -0.3 is 14.6 Å². The lowest BCUT2D eigenvalue weighted by Gasteiger charge is -2.41. The normalized spacial score (nSPS) is 15.0. The third-order valence-corrected chi connectivity index (χ3v) is 4.88. The summed E-state index contributed by atoms with van der Waals surface area (Å²) in [5.74, 6) is -1.41. The van der Waals surface area contributed by atoms with Crippen molar-refractivity contribution < 1.29 is 23.6 Å². The number of nitrogens with one attached hydrogen (secondary N) is 1. The molecule has 8 heteroatoms. The van der Waals surface area contributed by atoms with Crippen molar-refractivity contribution in [2.24, 2.45) is 0 Å². The number of nitrogens with zero attached hydrogens (tertiary/aromatic N) is 2. The number of carbonyl (C=O) groups excluding carboxylic acids is 3. The number of rotatable bonds is 4. The minimum Gasteiger partial charge on any atom is -0.455 e. The first-order chi connectivity index (χ1) is 13.9. The van der Waals surface area contributed by atoms with Gasteiger partial charge in [0.1, 0.15) is 11.2 Å². The fourth-order valence-electron chi connectivity index (χ4n) is 3.36. The molecular weight excluding hydrogens is 374 g/mol. The van der Waals surface area contributed by atoms with Crippen molar-refractivity contribution in [1.82, 2.24) is 5.16 Å². The predicted molar refractivity (Wildman–Crippen MR) is 105 cm³/mol. The molecule has 0 atom stereocenters. The monoisotopic (exact) mass is 393 g/mol. The first-order valence-electron chi connectivity index (χ1n) is 9.10. The Bertz CT molecular complexity index is 1120. The number of fused-ring (bicyclic) bond motifs is 2. The molecule has 1 aliphatic rings. The van der Waals surface area contributed by atoms with Crippen molar-refractivity contribution in [2.45, 2.75) is 25.8 Å². The highest BCUT2D eigenvalue weighted by Crippen LogP contribution is 2.36. The molecule has 8 nitrogen and oxygen atoms in total. The lowest BCUT2D eigenvalue weighted by Crippen LogP contribution is -2.59. The second kappa shape index (κ2) is 7.05. The van der Waals surface area contributed by atoms with E-state index in [9.17, 15) is 14.4 Å². The molecule has 0 bridgehead atoms. The molecule has 2 amide bonds. The van der Waals surface area contributed by atoms with Crippen molar-refractivity contribution in [1.29, 1.82) is 0 Å². The van der Waals surface area contributed by atoms with Gasteiger partial charge in [0, 0.05) is 5.39 Å². The Morgan fingerprint density at radius 3 is 2.69 bits per heavy atom. The molecule has 3 aromatic rings. The number of hydrogen-bond acceptors (Lipinski definition) is 6. The van der Waals surface area contributed by atoms with Gasteiger partial charge in [0.05, 0.1) is 17.8 Å². The number of hydrogen-bond donors (Lipinski definition) is 1. The van der Waals surface area contributed by atoms with E-state index in [1.165, 1.54) is 4.90 Å². The van der Waals surface area contributed by atoms with Crippen LogP contribution in [0.1, 0.15) is 19.5 Å². The number of benzene rings is 2. The number of carbonyl (C=O) groups is 3. The molecule has 1 aromatic heterocycles. The first-order valence-corrected chi connectivity index (χ1v) is 9.10. The maximum Gasteiger partial charge on any atom is 0.312 e. The Kier molecular flexibility index (Phi) is 4.54. The molecule has 29 heavy (non-hydrogen) atoms. The highest BCUT2D eigenvalue weighted by atomic mass is 16.5. The van der Waals surface area contributed by atoms with Crippen LogP contribution in [0.3, 0.4) is 0 Å². The number of aromatic nitrogens is 1. The van der Waals surface area contributed by atoms with E-state index in [1.54, 1.807) is 50.2 Å². The van der Waals surface area contributed by atoms with E-state index in [-0.39, 0.29) is 12.3 Å². The maximum atomic E-state index is 12.9. The second-order valence-corrected chi connectivity index (χ2v) is 7.22. The van der Waals surface area contributed by atoms with E-state index in [1.807, 2.05) is 12.1 Å². The van der Waals surface area contributed by atoms with Gasteiger partial charge in [-0.15, -0.1) is 0 Å². The van der Waals surface area contributed by atoms with Crippen molar-refractivity contribution in [3.63, 3.8) is 0 Å². The summed E-state index contributed by atoms with van der Waals surface area (Å²) < 4.78 is 10.4. The third kappa shape index (κ3) is 3.33. The lowest BCUT2D eigenvalue weighted by molar-refractivity contribution is -0.147. The van der Waals surface area contributed by atoms with Crippen LogP contribution >= 0.6 is 0 Å². The van der Waals surface area contributed by atoms with Crippen LogP contribution in [-0.2, 0) is 25.5 Å². The van der Waals surface area contributed by atoms with Gasteiger partial charge in [-0.25, -0.2) is 0 Å². The largest absolute Gasteiger partial charge is 0.455 e. The Hall–Kier alpha value is -3.68. The zero-order valence-electron chi connectivity index (χ0n) is 16.0. The lowest BCUT2D eigenvalue weighted by atomic mass is 9.96. The highest BCUT2D eigenvalue weighted by molar-refractivity contribution is 6.14. The molecule has 0 saturated carbocycles. The quantitative estimate of drug-likeness (QED) is 0.684. The van der Waals surface area contributed by atoms with E-state index >= 15 is 0 Å². The molecule has 1 N–H and O–H groups in total. The first kappa shape index (κ1) is 18.7. The Morgan fingerprint density at radius 2 is 1.86 bits per heavy atom. The van der Waals surface area contributed by atoms with Crippen LogP contribution in [0.25, 0.3) is 11.0 Å². The topological polar surface area (TPSA) is 102 Å². The molecule has 1 aliphatic heterocycles. The molecule has 2 aromatic carbocycles. The van der Waals surface area contributed by atoms with E-state index in [0.717, 1.165) is 5.39 Å². The number of amides is 2. The van der Waals surface area contributed by atoms with Gasteiger partial charge in [0.25, 0.3) is 5.91 Å². The van der Waals surface area contributed by atoms with Crippen molar-refractivity contribution in [3.8, 4) is 0 Å². The van der Waals surface area contributed by atoms with Gasteiger partial charge in [0.2, 0.25) is 5.91 Å². The summed E-state index contributed by atoms with van der Waals surface area (Å²) in [6, 6.07) is 14.2. The van der Waals surface area contributed by atoms with Crippen LogP contribution in [0.5, 0.6) is 0 Å². The smallest absolute Gasteiger partial charge is 0.312 e. The van der Waals surface area contributed by atoms with Gasteiger partial charge in [-0.3, -0.25) is 19.3 Å². The van der Waals surface area contributed by atoms with Crippen LogP contribution in [0.15, 0.2) is 53.1 Å². The summed E-state index contributed by atoms with van der Waals surface area (Å²) in [4.78, 5) is 38.9. The summed E-state index contributed by atoms with van der Waals surface area (Å²) >= 11 is 0. The van der Waals surface area contributed by atoms with Crippen LogP contribution in [0.2, 0.25) is 0 Å². The van der Waals surface area contributed by atoms with Gasteiger partial charge in [0.15, 0.2) is 12.2 Å². The molecular formula is C21H19N3O5. The second-order valence-electron chi connectivity index (χ2n) is 7.22. The Balaban J connectivity index is 1.47. The molecule has 0 radical (unpaired) electrons. The SMILES string of the molecule is CC1(C)C(=O)Nc2ccccc2N1C(=O)COC(=O)Cc1noc2ccccc12. The molecule has 0 aliphatic carbocycles. The minimum atomic E-state index is -1.12. The predicted octanol–water partition coefficient (Wildman–Crippen LogP) is 2.68. The number of anilines is 2. The fraction of sp³-hybridized carbons (Fsp3) is 0.238. The number of para-hydroxylation sites is 3. The van der Waals surface area contributed by atoms with Crippen molar-refractivity contribution in [3.05, 3.63) is 54.2 Å². The molecule has 4 rings (SSSR count). The van der Waals surface area contributed by atoms with Crippen LogP contribution < -0.4 is 10.2 Å². The van der Waals surface area contributed by atoms with Gasteiger partial charge in [-0.05, 0) is 38.1 Å². The fourth-order valence-corrected chi connectivity index (χ4v) is 3.36. The van der Waals surface area contributed by atoms with Gasteiger partial charge in [-0.2, -0.15) is 0 Å². The van der Waals surface area contributed by atoms with Gasteiger partial charge in [-0.1, -0.05) is 29.4 Å². The Morgan fingerprint density at radius 1 is 1.14 bits per heavy atom. The average Bonchev–Trinajstić information content (AvgIpc) is 3.10. The van der Waals surface area contributed by atoms with Gasteiger partial charge >= 0.3 is 5.97 Å². The van der Waals surface area contributed by atoms with E-state index in [4.69, 9.17) is 9.26 Å². The zero-order valence-corrected chi connectivity index (χ0v) is 16.0. The molecule has 148 valence electrons. The minimum absolute atomic E-state index is 0.120. The summed E-state index contributed by atoms with van der Waals surface area (Å²) in [5, 5.41) is 7.40. The standard InChI is InChI=1S/C21H19N3O5/c1-21(2)20(27)22-14-8-4-5-9-16(14)24(21)18(25)12-28-19(26)11-15-13-7-3-6-10-17(13)29-23-15/h3-10H,11-12H2,1-2H3,(H,22,27). The number of esters is 1.